The molecule has 0 radical (unpaired) electrons. The predicted molar refractivity (Wildman–Crippen MR) is 61.6 cm³/mol. The van der Waals surface area contributed by atoms with Crippen LogP contribution in [0.1, 0.15) is 39.0 Å². The zero-order chi connectivity index (χ0) is 10.9. The molecule has 3 nitrogen and oxygen atoms in total. The Morgan fingerprint density at radius 1 is 1.33 bits per heavy atom. The molecule has 1 saturated heterocycles. The molecular weight excluding hydrogens is 188 g/mol. The van der Waals surface area contributed by atoms with Gasteiger partial charge in [0.1, 0.15) is 0 Å². The van der Waals surface area contributed by atoms with Gasteiger partial charge in [-0.2, -0.15) is 0 Å². The molecule has 0 bridgehead atoms. The van der Waals surface area contributed by atoms with Gasteiger partial charge in [0.15, 0.2) is 0 Å². The van der Waals surface area contributed by atoms with E-state index in [-0.39, 0.29) is 0 Å². The van der Waals surface area contributed by atoms with Crippen LogP contribution in [-0.2, 0) is 0 Å². The maximum atomic E-state index is 10.5. The molecule has 1 unspecified atom stereocenters. The third kappa shape index (κ3) is 2.92. The highest BCUT2D eigenvalue weighted by atomic mass is 16.3. The molecule has 1 heterocycles. The summed E-state index contributed by atoms with van der Waals surface area (Å²) in [5.74, 6) is 0.797. The van der Waals surface area contributed by atoms with E-state index in [1.165, 1.54) is 12.8 Å². The lowest BCUT2D eigenvalue weighted by molar-refractivity contribution is -0.0308. The monoisotopic (exact) mass is 212 g/mol. The Balaban J connectivity index is 1.82. The van der Waals surface area contributed by atoms with E-state index >= 15 is 0 Å². The number of hydrogen-bond acceptors (Lipinski definition) is 3. The lowest BCUT2D eigenvalue weighted by Gasteiger charge is -2.37. The van der Waals surface area contributed by atoms with E-state index in [1.807, 2.05) is 0 Å². The standard InChI is InChI=1S/C12H24N2O/c1-10-2-5-12(15,6-3-10)9-14-7-4-11(13)8-14/h10-11,15H,2-9,13H2,1H3. The summed E-state index contributed by atoms with van der Waals surface area (Å²) < 4.78 is 0. The van der Waals surface area contributed by atoms with Gasteiger partial charge in [-0.3, -0.25) is 4.90 Å². The van der Waals surface area contributed by atoms with E-state index in [9.17, 15) is 5.11 Å². The number of nitrogens with two attached hydrogens (primary N) is 1. The van der Waals surface area contributed by atoms with Crippen molar-refractivity contribution in [2.24, 2.45) is 11.7 Å². The van der Waals surface area contributed by atoms with E-state index in [0.717, 1.165) is 44.8 Å². The average molecular weight is 212 g/mol. The van der Waals surface area contributed by atoms with Crippen LogP contribution in [0.25, 0.3) is 0 Å². The topological polar surface area (TPSA) is 49.5 Å². The van der Waals surface area contributed by atoms with Crippen molar-refractivity contribution < 1.29 is 5.11 Å². The minimum atomic E-state index is -0.420. The number of aliphatic hydroxyl groups is 1. The molecule has 1 aliphatic heterocycles. The SMILES string of the molecule is CC1CCC(O)(CN2CCC(N)C2)CC1. The minimum absolute atomic E-state index is 0.330. The summed E-state index contributed by atoms with van der Waals surface area (Å²) in [5, 5.41) is 10.5. The van der Waals surface area contributed by atoms with Crippen molar-refractivity contribution in [2.45, 2.75) is 50.7 Å². The van der Waals surface area contributed by atoms with Gasteiger partial charge in [0.2, 0.25) is 0 Å². The van der Waals surface area contributed by atoms with Crippen molar-refractivity contribution in [3.8, 4) is 0 Å². The Labute approximate surface area is 92.6 Å². The van der Waals surface area contributed by atoms with Gasteiger partial charge >= 0.3 is 0 Å². The Kier molecular flexibility index (Phi) is 3.33. The summed E-state index contributed by atoms with van der Waals surface area (Å²) in [4.78, 5) is 2.33. The number of rotatable bonds is 2. The van der Waals surface area contributed by atoms with Crippen molar-refractivity contribution >= 4 is 0 Å². The summed E-state index contributed by atoms with van der Waals surface area (Å²) in [6.07, 6.45) is 5.39. The van der Waals surface area contributed by atoms with Crippen LogP contribution in [0.15, 0.2) is 0 Å². The van der Waals surface area contributed by atoms with Crippen LogP contribution in [0.4, 0.5) is 0 Å². The summed E-state index contributed by atoms with van der Waals surface area (Å²) in [6.45, 7) is 5.16. The zero-order valence-corrected chi connectivity index (χ0v) is 9.78. The Morgan fingerprint density at radius 3 is 2.53 bits per heavy atom. The van der Waals surface area contributed by atoms with E-state index in [0.29, 0.717) is 6.04 Å². The maximum Gasteiger partial charge on any atom is 0.0774 e. The second kappa shape index (κ2) is 4.40. The molecule has 1 aliphatic carbocycles. The molecular formula is C12H24N2O. The molecule has 1 saturated carbocycles. The molecule has 3 N–H and O–H groups in total. The molecule has 0 spiro atoms. The molecule has 0 amide bonds. The lowest BCUT2D eigenvalue weighted by Crippen LogP contribution is -2.45. The number of hydrogen-bond donors (Lipinski definition) is 2. The third-order valence-electron chi connectivity index (χ3n) is 4.03. The van der Waals surface area contributed by atoms with Gasteiger partial charge in [-0.25, -0.2) is 0 Å². The molecule has 2 fully saturated rings. The fraction of sp³-hybridized carbons (Fsp3) is 1.00. The van der Waals surface area contributed by atoms with E-state index in [2.05, 4.69) is 11.8 Å². The Bertz CT molecular complexity index is 212. The van der Waals surface area contributed by atoms with Crippen molar-refractivity contribution in [1.29, 1.82) is 0 Å². The second-order valence-electron chi connectivity index (χ2n) is 5.69. The van der Waals surface area contributed by atoms with Gasteiger partial charge in [-0.1, -0.05) is 6.92 Å². The lowest BCUT2D eigenvalue weighted by atomic mass is 9.79. The molecule has 2 rings (SSSR count). The highest BCUT2D eigenvalue weighted by Gasteiger charge is 2.35. The Hall–Kier alpha value is -0.120. The van der Waals surface area contributed by atoms with Crippen molar-refractivity contribution in [2.75, 3.05) is 19.6 Å². The summed E-state index contributed by atoms with van der Waals surface area (Å²) in [7, 11) is 0. The van der Waals surface area contributed by atoms with Crippen molar-refractivity contribution in [3.05, 3.63) is 0 Å². The maximum absolute atomic E-state index is 10.5. The first kappa shape index (κ1) is 11.4. The predicted octanol–water partition coefficient (Wildman–Crippen LogP) is 0.961. The normalized spacial score (nSPS) is 43.4. The fourth-order valence-electron chi connectivity index (χ4n) is 2.88. The van der Waals surface area contributed by atoms with Crippen molar-refractivity contribution in [1.82, 2.24) is 4.90 Å². The van der Waals surface area contributed by atoms with Crippen LogP contribution in [0, 0.1) is 5.92 Å². The van der Waals surface area contributed by atoms with E-state index in [4.69, 9.17) is 5.73 Å². The molecule has 88 valence electrons. The van der Waals surface area contributed by atoms with Crippen LogP contribution >= 0.6 is 0 Å². The van der Waals surface area contributed by atoms with E-state index in [1.54, 1.807) is 0 Å². The van der Waals surface area contributed by atoms with Crippen LogP contribution in [0.2, 0.25) is 0 Å². The van der Waals surface area contributed by atoms with Gasteiger partial charge in [0, 0.05) is 19.1 Å². The van der Waals surface area contributed by atoms with Crippen molar-refractivity contribution in [3.63, 3.8) is 0 Å². The van der Waals surface area contributed by atoms with Crippen LogP contribution in [0.3, 0.4) is 0 Å². The smallest absolute Gasteiger partial charge is 0.0774 e. The van der Waals surface area contributed by atoms with E-state index < -0.39 is 5.60 Å². The molecule has 3 heteroatoms. The van der Waals surface area contributed by atoms with Crippen LogP contribution in [-0.4, -0.2) is 41.3 Å². The highest BCUT2D eigenvalue weighted by molar-refractivity contribution is 4.90. The Morgan fingerprint density at radius 2 is 2.00 bits per heavy atom. The third-order valence-corrected chi connectivity index (χ3v) is 4.03. The molecule has 0 aromatic rings. The van der Waals surface area contributed by atoms with Gasteiger partial charge in [0.25, 0.3) is 0 Å². The quantitative estimate of drug-likeness (QED) is 0.717. The molecule has 0 aromatic carbocycles. The fourth-order valence-corrected chi connectivity index (χ4v) is 2.88. The number of likely N-dealkylation sites (tertiary alicyclic amines) is 1. The summed E-state index contributed by atoms with van der Waals surface area (Å²) in [6, 6.07) is 0.330. The van der Waals surface area contributed by atoms with Crippen LogP contribution < -0.4 is 5.73 Å². The molecule has 1 atom stereocenters. The first-order valence-corrected chi connectivity index (χ1v) is 6.28. The molecule has 15 heavy (non-hydrogen) atoms. The summed E-state index contributed by atoms with van der Waals surface area (Å²) >= 11 is 0. The zero-order valence-electron chi connectivity index (χ0n) is 9.78. The largest absolute Gasteiger partial charge is 0.389 e. The first-order chi connectivity index (χ1) is 7.07. The van der Waals surface area contributed by atoms with Gasteiger partial charge < -0.3 is 10.8 Å². The number of nitrogens with zero attached hydrogens (tertiary/aromatic N) is 1. The van der Waals surface area contributed by atoms with Crippen LogP contribution in [0.5, 0.6) is 0 Å². The molecule has 0 aromatic heterocycles. The second-order valence-corrected chi connectivity index (χ2v) is 5.69. The first-order valence-electron chi connectivity index (χ1n) is 6.28. The minimum Gasteiger partial charge on any atom is -0.389 e. The van der Waals surface area contributed by atoms with Gasteiger partial charge in [-0.15, -0.1) is 0 Å². The molecule has 2 aliphatic rings. The number of β-amino-alcohol motifs (C(OH)–C–C–N with tert-alkyl or cyclic N) is 1. The van der Waals surface area contributed by atoms with Gasteiger partial charge in [-0.05, 0) is 44.6 Å². The average Bonchev–Trinajstić information content (AvgIpc) is 2.57. The highest BCUT2D eigenvalue weighted by Crippen LogP contribution is 2.32. The van der Waals surface area contributed by atoms with Gasteiger partial charge in [0.05, 0.1) is 5.60 Å². The summed E-state index contributed by atoms with van der Waals surface area (Å²) in [5.41, 5.74) is 5.45.